The molecule has 0 unspecified atom stereocenters. The van der Waals surface area contributed by atoms with E-state index in [0.717, 1.165) is 23.3 Å². The van der Waals surface area contributed by atoms with Gasteiger partial charge in [-0.25, -0.2) is 9.07 Å². The summed E-state index contributed by atoms with van der Waals surface area (Å²) in [5.41, 5.74) is 2.96. The maximum atomic E-state index is 13.2. The Kier molecular flexibility index (Phi) is 6.24. The van der Waals surface area contributed by atoms with Crippen LogP contribution < -0.4 is 0 Å². The van der Waals surface area contributed by atoms with E-state index in [0.29, 0.717) is 16.8 Å². The quantitative estimate of drug-likeness (QED) is 0.338. The second kappa shape index (κ2) is 9.13. The Labute approximate surface area is 194 Å². The molecule has 0 aliphatic heterocycles. The minimum Gasteiger partial charge on any atom is -0.349 e. The molecule has 34 heavy (non-hydrogen) atoms. The number of aromatic nitrogens is 2. The minimum atomic E-state index is -4.48. The Balaban J connectivity index is 1.74. The van der Waals surface area contributed by atoms with Crippen LogP contribution in [0.1, 0.15) is 11.1 Å². The standard InChI is InChI=1S/C26H21F4N3O/c1-32(2)24(34)14-20-16-33(23-5-3-4-21(15-23)26(28,29)30)31-25(20)19-8-6-17(7-9-19)18-10-12-22(27)13-11-18/h3-13,15-16H,14H2,1-2H3. The maximum Gasteiger partial charge on any atom is 0.416 e. The van der Waals surface area contributed by atoms with Gasteiger partial charge in [-0.05, 0) is 41.5 Å². The summed E-state index contributed by atoms with van der Waals surface area (Å²) < 4.78 is 54.2. The molecule has 4 rings (SSSR count). The number of hydrogen-bond acceptors (Lipinski definition) is 2. The summed E-state index contributed by atoms with van der Waals surface area (Å²) in [7, 11) is 3.27. The SMILES string of the molecule is CN(C)C(=O)Cc1cn(-c2cccc(C(F)(F)F)c2)nc1-c1ccc(-c2ccc(F)cc2)cc1. The number of benzene rings is 3. The van der Waals surface area contributed by atoms with Crippen LogP contribution in [0, 0.1) is 5.82 Å². The normalized spacial score (nSPS) is 11.5. The lowest BCUT2D eigenvalue weighted by Gasteiger charge is -2.10. The molecular formula is C26H21F4N3O. The van der Waals surface area contributed by atoms with Crippen molar-refractivity contribution in [2.45, 2.75) is 12.6 Å². The van der Waals surface area contributed by atoms with Crippen LogP contribution in [0.5, 0.6) is 0 Å². The van der Waals surface area contributed by atoms with E-state index in [2.05, 4.69) is 5.10 Å². The van der Waals surface area contributed by atoms with Crippen molar-refractivity contribution in [3.8, 4) is 28.1 Å². The van der Waals surface area contributed by atoms with Crippen molar-refractivity contribution in [1.82, 2.24) is 14.7 Å². The number of hydrogen-bond donors (Lipinski definition) is 0. The number of rotatable bonds is 5. The molecule has 0 bridgehead atoms. The number of carbonyl (C=O) groups is 1. The Hall–Kier alpha value is -3.94. The molecule has 1 heterocycles. The molecule has 4 nitrogen and oxygen atoms in total. The zero-order valence-corrected chi connectivity index (χ0v) is 18.5. The van der Waals surface area contributed by atoms with Crippen LogP contribution in [0.15, 0.2) is 79.0 Å². The van der Waals surface area contributed by atoms with Crippen molar-refractivity contribution in [1.29, 1.82) is 0 Å². The lowest BCUT2D eigenvalue weighted by molar-refractivity contribution is -0.137. The first-order valence-corrected chi connectivity index (χ1v) is 10.4. The van der Waals surface area contributed by atoms with Gasteiger partial charge in [-0.2, -0.15) is 18.3 Å². The number of amides is 1. The average molecular weight is 467 g/mol. The van der Waals surface area contributed by atoms with E-state index in [1.165, 1.54) is 33.8 Å². The van der Waals surface area contributed by atoms with E-state index >= 15 is 0 Å². The van der Waals surface area contributed by atoms with Gasteiger partial charge in [0, 0.05) is 31.4 Å². The Morgan fingerprint density at radius 3 is 2.09 bits per heavy atom. The van der Waals surface area contributed by atoms with Gasteiger partial charge < -0.3 is 4.90 Å². The monoisotopic (exact) mass is 467 g/mol. The van der Waals surface area contributed by atoms with E-state index in [1.54, 1.807) is 32.4 Å². The molecule has 0 radical (unpaired) electrons. The fraction of sp³-hybridized carbons (Fsp3) is 0.154. The van der Waals surface area contributed by atoms with Gasteiger partial charge in [0.05, 0.1) is 23.4 Å². The highest BCUT2D eigenvalue weighted by Crippen LogP contribution is 2.32. The molecule has 0 saturated carbocycles. The number of halogens is 4. The highest BCUT2D eigenvalue weighted by Gasteiger charge is 2.30. The van der Waals surface area contributed by atoms with E-state index in [9.17, 15) is 22.4 Å². The second-order valence-corrected chi connectivity index (χ2v) is 8.04. The fourth-order valence-corrected chi connectivity index (χ4v) is 3.52. The Morgan fingerprint density at radius 2 is 1.50 bits per heavy atom. The Bertz CT molecular complexity index is 1310. The molecule has 4 aromatic rings. The first-order chi connectivity index (χ1) is 16.1. The zero-order chi connectivity index (χ0) is 24.5. The number of carbonyl (C=O) groups excluding carboxylic acids is 1. The first kappa shape index (κ1) is 23.2. The maximum absolute atomic E-state index is 13.2. The van der Waals surface area contributed by atoms with Gasteiger partial charge in [-0.1, -0.05) is 42.5 Å². The number of likely N-dealkylation sites (N-methyl/N-ethyl adjacent to an activating group) is 1. The van der Waals surface area contributed by atoms with Crippen molar-refractivity contribution in [3.63, 3.8) is 0 Å². The van der Waals surface area contributed by atoms with Crippen molar-refractivity contribution >= 4 is 5.91 Å². The molecular weight excluding hydrogens is 446 g/mol. The summed E-state index contributed by atoms with van der Waals surface area (Å²) in [6.45, 7) is 0. The Morgan fingerprint density at radius 1 is 0.912 bits per heavy atom. The molecule has 0 spiro atoms. The summed E-state index contributed by atoms with van der Waals surface area (Å²) in [5, 5.41) is 4.53. The van der Waals surface area contributed by atoms with Crippen molar-refractivity contribution in [3.05, 3.63) is 95.9 Å². The first-order valence-electron chi connectivity index (χ1n) is 10.4. The van der Waals surface area contributed by atoms with Crippen molar-refractivity contribution in [2.24, 2.45) is 0 Å². The molecule has 0 saturated heterocycles. The molecule has 3 aromatic carbocycles. The highest BCUT2D eigenvalue weighted by atomic mass is 19.4. The molecule has 174 valence electrons. The third-order valence-corrected chi connectivity index (χ3v) is 5.40. The van der Waals surface area contributed by atoms with Gasteiger partial charge in [-0.15, -0.1) is 0 Å². The third-order valence-electron chi connectivity index (χ3n) is 5.40. The summed E-state index contributed by atoms with van der Waals surface area (Å²) in [4.78, 5) is 13.9. The smallest absolute Gasteiger partial charge is 0.349 e. The topological polar surface area (TPSA) is 38.1 Å². The molecule has 0 aliphatic carbocycles. The summed E-state index contributed by atoms with van der Waals surface area (Å²) >= 11 is 0. The molecule has 1 amide bonds. The second-order valence-electron chi connectivity index (χ2n) is 8.04. The molecule has 0 fully saturated rings. The molecule has 8 heteroatoms. The van der Waals surface area contributed by atoms with Gasteiger partial charge in [0.15, 0.2) is 0 Å². The van der Waals surface area contributed by atoms with E-state index in [1.807, 2.05) is 24.3 Å². The van der Waals surface area contributed by atoms with Crippen LogP contribution in [0.3, 0.4) is 0 Å². The van der Waals surface area contributed by atoms with Crippen LogP contribution in [-0.4, -0.2) is 34.7 Å². The summed E-state index contributed by atoms with van der Waals surface area (Å²) in [6, 6.07) is 18.3. The van der Waals surface area contributed by atoms with Crippen LogP contribution in [0.4, 0.5) is 17.6 Å². The van der Waals surface area contributed by atoms with Crippen molar-refractivity contribution in [2.75, 3.05) is 14.1 Å². The largest absolute Gasteiger partial charge is 0.416 e. The van der Waals surface area contributed by atoms with E-state index in [-0.39, 0.29) is 23.8 Å². The minimum absolute atomic E-state index is 0.0427. The number of alkyl halides is 3. The van der Waals surface area contributed by atoms with Gasteiger partial charge in [-0.3, -0.25) is 4.79 Å². The van der Waals surface area contributed by atoms with Crippen LogP contribution in [0.2, 0.25) is 0 Å². The molecule has 1 aromatic heterocycles. The van der Waals surface area contributed by atoms with Crippen LogP contribution in [0.25, 0.3) is 28.1 Å². The summed E-state index contributed by atoms with van der Waals surface area (Å²) in [6.07, 6.45) is -2.85. The lowest BCUT2D eigenvalue weighted by Crippen LogP contribution is -2.23. The van der Waals surface area contributed by atoms with Gasteiger partial charge >= 0.3 is 6.18 Å². The third kappa shape index (κ3) is 5.01. The molecule has 0 atom stereocenters. The van der Waals surface area contributed by atoms with Gasteiger partial charge in [0.1, 0.15) is 5.82 Å². The van der Waals surface area contributed by atoms with Crippen LogP contribution >= 0.6 is 0 Å². The molecule has 0 aliphatic rings. The lowest BCUT2D eigenvalue weighted by atomic mass is 10.0. The zero-order valence-electron chi connectivity index (χ0n) is 18.5. The summed E-state index contributed by atoms with van der Waals surface area (Å²) in [5.74, 6) is -0.483. The fourth-order valence-electron chi connectivity index (χ4n) is 3.52. The van der Waals surface area contributed by atoms with E-state index < -0.39 is 11.7 Å². The van der Waals surface area contributed by atoms with E-state index in [4.69, 9.17) is 0 Å². The number of nitrogens with zero attached hydrogens (tertiary/aromatic N) is 3. The van der Waals surface area contributed by atoms with Crippen LogP contribution in [-0.2, 0) is 17.4 Å². The predicted octanol–water partition coefficient (Wildman–Crippen LogP) is 5.99. The average Bonchev–Trinajstić information content (AvgIpc) is 3.23. The van der Waals surface area contributed by atoms with Gasteiger partial charge in [0.25, 0.3) is 0 Å². The highest BCUT2D eigenvalue weighted by molar-refractivity contribution is 5.81. The predicted molar refractivity (Wildman–Crippen MR) is 122 cm³/mol. The molecule has 0 N–H and O–H groups in total. The van der Waals surface area contributed by atoms with Gasteiger partial charge in [0.2, 0.25) is 5.91 Å². The van der Waals surface area contributed by atoms with Crippen molar-refractivity contribution < 1.29 is 22.4 Å².